The molecule has 0 radical (unpaired) electrons. The first kappa shape index (κ1) is 26.6. The number of aryl methyl sites for hydroxylation is 1. The number of hydrogen-bond acceptors (Lipinski definition) is 6. The van der Waals surface area contributed by atoms with E-state index in [0.29, 0.717) is 43.0 Å². The molecule has 0 unspecified atom stereocenters. The summed E-state index contributed by atoms with van der Waals surface area (Å²) in [6.07, 6.45) is 2.03. The molecule has 1 aliphatic rings. The SMILES string of the molecule is Cc1c(C(=O)N(Cc2ccccc2)Cc2ccccc2)oc2c1/C(=N/NC(=O)c1ccc([N+](=O)[O-])cc1)CCC2. The molecule has 40 heavy (non-hydrogen) atoms. The van der Waals surface area contributed by atoms with Gasteiger partial charge in [-0.15, -0.1) is 0 Å². The number of amides is 2. The van der Waals surface area contributed by atoms with Crippen LogP contribution in [0.2, 0.25) is 0 Å². The van der Waals surface area contributed by atoms with Crippen LogP contribution in [0.5, 0.6) is 0 Å². The molecule has 0 fully saturated rings. The van der Waals surface area contributed by atoms with Crippen molar-refractivity contribution in [1.29, 1.82) is 0 Å². The molecular weight excluding hydrogens is 508 g/mol. The third-order valence-electron chi connectivity index (χ3n) is 6.87. The van der Waals surface area contributed by atoms with Crippen molar-refractivity contribution in [1.82, 2.24) is 10.3 Å². The molecule has 0 spiro atoms. The molecule has 0 aliphatic heterocycles. The lowest BCUT2D eigenvalue weighted by atomic mass is 9.93. The molecule has 0 atom stereocenters. The van der Waals surface area contributed by atoms with E-state index in [2.05, 4.69) is 10.5 Å². The Morgan fingerprint density at radius 1 is 0.925 bits per heavy atom. The van der Waals surface area contributed by atoms with E-state index >= 15 is 0 Å². The molecule has 9 nitrogen and oxygen atoms in total. The van der Waals surface area contributed by atoms with Gasteiger partial charge in [0.25, 0.3) is 17.5 Å². The van der Waals surface area contributed by atoms with Crippen LogP contribution in [0.25, 0.3) is 0 Å². The number of nitrogens with one attached hydrogen (secondary N) is 1. The quantitative estimate of drug-likeness (QED) is 0.225. The van der Waals surface area contributed by atoms with Crippen molar-refractivity contribution >= 4 is 23.2 Å². The number of hydrazone groups is 1. The molecule has 0 bridgehead atoms. The van der Waals surface area contributed by atoms with Crippen LogP contribution in [0.4, 0.5) is 5.69 Å². The van der Waals surface area contributed by atoms with Crippen LogP contribution in [0.3, 0.4) is 0 Å². The highest BCUT2D eigenvalue weighted by Gasteiger charge is 2.30. The van der Waals surface area contributed by atoms with Crippen molar-refractivity contribution < 1.29 is 18.9 Å². The van der Waals surface area contributed by atoms with Gasteiger partial charge in [0.05, 0.1) is 10.6 Å². The summed E-state index contributed by atoms with van der Waals surface area (Å²) in [5.74, 6) is 0.251. The second-order valence-electron chi connectivity index (χ2n) is 9.64. The molecule has 0 saturated heterocycles. The Hall–Kier alpha value is -5.05. The summed E-state index contributed by atoms with van der Waals surface area (Å²) in [6, 6.07) is 25.0. The largest absolute Gasteiger partial charge is 0.455 e. The molecule has 1 heterocycles. The summed E-state index contributed by atoms with van der Waals surface area (Å²) in [6.45, 7) is 2.69. The molecule has 2 amide bonds. The maximum absolute atomic E-state index is 13.9. The molecule has 3 aromatic carbocycles. The van der Waals surface area contributed by atoms with E-state index in [1.807, 2.05) is 67.6 Å². The van der Waals surface area contributed by atoms with Crippen LogP contribution >= 0.6 is 0 Å². The third-order valence-corrected chi connectivity index (χ3v) is 6.87. The van der Waals surface area contributed by atoms with Crippen LogP contribution in [-0.2, 0) is 19.5 Å². The second kappa shape index (κ2) is 11.8. The first-order valence-corrected chi connectivity index (χ1v) is 13.0. The van der Waals surface area contributed by atoms with Crippen molar-refractivity contribution in [3.8, 4) is 0 Å². The smallest absolute Gasteiger partial charge is 0.290 e. The number of nitro groups is 1. The van der Waals surface area contributed by atoms with E-state index in [-0.39, 0.29) is 22.9 Å². The highest BCUT2D eigenvalue weighted by atomic mass is 16.6. The van der Waals surface area contributed by atoms with Gasteiger partial charge in [-0.1, -0.05) is 60.7 Å². The van der Waals surface area contributed by atoms with Gasteiger partial charge in [-0.25, -0.2) is 5.43 Å². The van der Waals surface area contributed by atoms with Gasteiger partial charge in [0.1, 0.15) is 5.76 Å². The van der Waals surface area contributed by atoms with E-state index in [1.165, 1.54) is 24.3 Å². The standard InChI is InChI=1S/C31H28N4O5/c1-21-28-26(32-33-30(36)24-15-17-25(18-16-24)35(38)39)13-8-14-27(28)40-29(21)31(37)34(19-22-9-4-2-5-10-22)20-23-11-6-3-7-12-23/h2-7,9-12,15-18H,8,13-14,19-20H2,1H3,(H,33,36)/b32-26+. The van der Waals surface area contributed by atoms with E-state index in [0.717, 1.165) is 23.1 Å². The van der Waals surface area contributed by atoms with E-state index in [9.17, 15) is 19.7 Å². The number of furan rings is 1. The van der Waals surface area contributed by atoms with Crippen molar-refractivity contribution in [2.75, 3.05) is 0 Å². The topological polar surface area (TPSA) is 118 Å². The molecule has 1 aromatic heterocycles. The van der Waals surface area contributed by atoms with E-state index in [4.69, 9.17) is 4.42 Å². The Morgan fingerprint density at radius 2 is 1.52 bits per heavy atom. The van der Waals surface area contributed by atoms with E-state index < -0.39 is 10.8 Å². The lowest BCUT2D eigenvalue weighted by Crippen LogP contribution is -2.30. The van der Waals surface area contributed by atoms with Crippen LogP contribution < -0.4 is 5.43 Å². The zero-order chi connectivity index (χ0) is 28.1. The number of fused-ring (bicyclic) bond motifs is 1. The Kier molecular flexibility index (Phi) is 7.82. The number of nitro benzene ring substituents is 1. The fraction of sp³-hybridized carbons (Fsp3) is 0.194. The zero-order valence-electron chi connectivity index (χ0n) is 22.0. The molecule has 202 valence electrons. The monoisotopic (exact) mass is 536 g/mol. The second-order valence-corrected chi connectivity index (χ2v) is 9.64. The molecule has 1 N–H and O–H groups in total. The fourth-order valence-corrected chi connectivity index (χ4v) is 4.85. The van der Waals surface area contributed by atoms with Crippen LogP contribution in [0, 0.1) is 17.0 Å². The van der Waals surface area contributed by atoms with Gasteiger partial charge in [0.2, 0.25) is 0 Å². The Balaban J connectivity index is 1.40. The lowest BCUT2D eigenvalue weighted by Gasteiger charge is -2.22. The van der Waals surface area contributed by atoms with Crippen LogP contribution in [0.1, 0.15) is 61.8 Å². The van der Waals surface area contributed by atoms with Crippen molar-refractivity contribution in [3.05, 3.63) is 134 Å². The Bertz CT molecular complexity index is 1520. The average molecular weight is 537 g/mol. The zero-order valence-corrected chi connectivity index (χ0v) is 22.0. The van der Waals surface area contributed by atoms with Crippen LogP contribution in [0.15, 0.2) is 94.4 Å². The maximum atomic E-state index is 13.9. The number of rotatable bonds is 8. The minimum atomic E-state index is -0.521. The maximum Gasteiger partial charge on any atom is 0.290 e. The minimum absolute atomic E-state index is 0.0976. The fourth-order valence-electron chi connectivity index (χ4n) is 4.85. The highest BCUT2D eigenvalue weighted by Crippen LogP contribution is 2.31. The van der Waals surface area contributed by atoms with Gasteiger partial charge in [-0.3, -0.25) is 19.7 Å². The number of benzene rings is 3. The number of non-ortho nitro benzene ring substituents is 1. The third kappa shape index (κ3) is 5.83. The Labute approximate surface area is 231 Å². The molecule has 9 heteroatoms. The number of carbonyl (C=O) groups excluding carboxylic acids is 2. The summed E-state index contributed by atoms with van der Waals surface area (Å²) in [7, 11) is 0. The summed E-state index contributed by atoms with van der Waals surface area (Å²) in [4.78, 5) is 38.7. The number of nitrogens with zero attached hydrogens (tertiary/aromatic N) is 3. The van der Waals surface area contributed by atoms with Gasteiger partial charge >= 0.3 is 0 Å². The first-order valence-electron chi connectivity index (χ1n) is 13.0. The lowest BCUT2D eigenvalue weighted by molar-refractivity contribution is -0.384. The van der Waals surface area contributed by atoms with Crippen molar-refractivity contribution in [3.63, 3.8) is 0 Å². The average Bonchev–Trinajstić information content (AvgIpc) is 3.33. The molecular formula is C31H28N4O5. The minimum Gasteiger partial charge on any atom is -0.455 e. The Morgan fingerprint density at radius 3 is 2.10 bits per heavy atom. The molecule has 0 saturated carbocycles. The first-order chi connectivity index (χ1) is 19.4. The number of carbonyl (C=O) groups is 2. The van der Waals surface area contributed by atoms with Gasteiger partial charge in [0, 0.05) is 48.3 Å². The van der Waals surface area contributed by atoms with Gasteiger partial charge in [0.15, 0.2) is 5.76 Å². The summed E-state index contributed by atoms with van der Waals surface area (Å²) in [5.41, 5.74) is 6.80. The van der Waals surface area contributed by atoms with E-state index in [1.54, 1.807) is 4.90 Å². The summed E-state index contributed by atoms with van der Waals surface area (Å²) >= 11 is 0. The predicted octanol–water partition coefficient (Wildman–Crippen LogP) is 5.81. The normalized spacial score (nSPS) is 13.5. The predicted molar refractivity (Wildman–Crippen MR) is 150 cm³/mol. The van der Waals surface area contributed by atoms with Gasteiger partial charge in [-0.2, -0.15) is 5.10 Å². The molecule has 4 aromatic rings. The number of hydrogen-bond donors (Lipinski definition) is 1. The summed E-state index contributed by atoms with van der Waals surface area (Å²) < 4.78 is 6.16. The summed E-state index contributed by atoms with van der Waals surface area (Å²) in [5, 5.41) is 15.3. The molecule has 1 aliphatic carbocycles. The van der Waals surface area contributed by atoms with Crippen molar-refractivity contribution in [2.45, 2.75) is 39.3 Å². The van der Waals surface area contributed by atoms with Crippen LogP contribution in [-0.4, -0.2) is 27.3 Å². The van der Waals surface area contributed by atoms with Gasteiger partial charge < -0.3 is 9.32 Å². The van der Waals surface area contributed by atoms with Crippen molar-refractivity contribution in [2.24, 2.45) is 5.10 Å². The highest BCUT2D eigenvalue weighted by molar-refractivity contribution is 6.07. The van der Waals surface area contributed by atoms with Gasteiger partial charge in [-0.05, 0) is 43.0 Å². The molecule has 5 rings (SSSR count).